The largest absolute Gasteiger partial charge is 0.508 e. The molecule has 29 heavy (non-hydrogen) atoms. The van der Waals surface area contributed by atoms with Crippen LogP contribution in [0.4, 0.5) is 0 Å². The number of Topliss-reactive ketones (excluding diaryl/α,β-unsaturated/α-hetero) is 2. The average Bonchev–Trinajstić information content (AvgIpc) is 2.66. The van der Waals surface area contributed by atoms with Crippen molar-refractivity contribution in [3.8, 4) is 5.75 Å². The smallest absolute Gasteiger partial charge is 0.255 e. The van der Waals surface area contributed by atoms with E-state index in [0.717, 1.165) is 0 Å². The third-order valence-electron chi connectivity index (χ3n) is 6.77. The summed E-state index contributed by atoms with van der Waals surface area (Å²) in [4.78, 5) is 37.7. The average molecular weight is 399 g/mol. The van der Waals surface area contributed by atoms with Crippen molar-refractivity contribution in [2.45, 2.75) is 31.8 Å². The minimum atomic E-state index is -2.56. The summed E-state index contributed by atoms with van der Waals surface area (Å²) in [5.41, 5.74) is 2.45. The summed E-state index contributed by atoms with van der Waals surface area (Å²) in [5, 5.41) is 42.9. The molecule has 1 fully saturated rings. The van der Waals surface area contributed by atoms with Gasteiger partial charge in [-0.15, -0.1) is 0 Å². The predicted octanol–water partition coefficient (Wildman–Crippen LogP) is 1.23. The second kappa shape index (κ2) is 5.93. The molecule has 6 N–H and O–H groups in total. The lowest BCUT2D eigenvalue weighted by atomic mass is 9.54. The highest BCUT2D eigenvalue weighted by molar-refractivity contribution is 6.23. The quantitative estimate of drug-likeness (QED) is 0.444. The highest BCUT2D eigenvalue weighted by Crippen LogP contribution is 2.56. The number of carbonyl (C=O) groups is 3. The summed E-state index contributed by atoms with van der Waals surface area (Å²) in [5.74, 6) is -7.50. The number of ketones is 2. The zero-order chi connectivity index (χ0) is 21.4. The molecule has 0 aliphatic heterocycles. The molecular formula is C21H21NO7. The molecule has 3 aliphatic rings. The van der Waals surface area contributed by atoms with Gasteiger partial charge >= 0.3 is 0 Å². The minimum Gasteiger partial charge on any atom is -0.508 e. The number of rotatable bonds is 1. The van der Waals surface area contributed by atoms with E-state index in [-0.39, 0.29) is 29.2 Å². The number of aliphatic hydroxyl groups is 3. The van der Waals surface area contributed by atoms with Gasteiger partial charge in [0.05, 0.1) is 5.56 Å². The second-order valence-corrected chi connectivity index (χ2v) is 8.08. The summed E-state index contributed by atoms with van der Waals surface area (Å²) in [6.07, 6.45) is 0.112. The summed E-state index contributed by atoms with van der Waals surface area (Å²) in [6, 6.07) is 4.73. The Labute approximate surface area is 166 Å². The molecule has 0 heterocycles. The molecule has 0 unspecified atom stereocenters. The number of benzene rings is 1. The first-order valence-electron chi connectivity index (χ1n) is 9.33. The third-order valence-corrected chi connectivity index (χ3v) is 6.77. The SMILES string of the molecule is C[C@@H]1C(=O)C(C(N)=O)=C(O)[C@@]2(O)C(=O)C3=C(O)c4c(O)cccc4[C@H](C)[C@H]3C[C@@H]12. The van der Waals surface area contributed by atoms with Gasteiger partial charge in [0, 0.05) is 17.4 Å². The maximum atomic E-state index is 13.4. The summed E-state index contributed by atoms with van der Waals surface area (Å²) in [6.45, 7) is 3.30. The van der Waals surface area contributed by atoms with Gasteiger partial charge in [0.2, 0.25) is 5.78 Å². The lowest BCUT2D eigenvalue weighted by Gasteiger charge is -2.49. The number of phenols is 1. The van der Waals surface area contributed by atoms with Crippen molar-refractivity contribution in [3.63, 3.8) is 0 Å². The molecule has 8 heteroatoms. The lowest BCUT2D eigenvalue weighted by Crippen LogP contribution is -2.61. The molecule has 0 radical (unpaired) electrons. The first kappa shape index (κ1) is 19.2. The van der Waals surface area contributed by atoms with Gasteiger partial charge in [-0.25, -0.2) is 0 Å². The van der Waals surface area contributed by atoms with Crippen molar-refractivity contribution < 1.29 is 34.8 Å². The highest BCUT2D eigenvalue weighted by Gasteiger charge is 2.63. The van der Waals surface area contributed by atoms with Crippen LogP contribution in [0.15, 0.2) is 35.1 Å². The molecule has 152 valence electrons. The fourth-order valence-corrected chi connectivity index (χ4v) is 5.19. The van der Waals surface area contributed by atoms with Crippen LogP contribution >= 0.6 is 0 Å². The van der Waals surface area contributed by atoms with Gasteiger partial charge in [-0.05, 0) is 29.9 Å². The highest BCUT2D eigenvalue weighted by atomic mass is 16.3. The van der Waals surface area contributed by atoms with Gasteiger partial charge < -0.3 is 26.2 Å². The van der Waals surface area contributed by atoms with E-state index in [1.165, 1.54) is 13.0 Å². The van der Waals surface area contributed by atoms with Crippen LogP contribution in [-0.4, -0.2) is 43.5 Å². The molecule has 1 saturated carbocycles. The molecule has 8 nitrogen and oxygen atoms in total. The molecule has 0 aromatic heterocycles. The van der Waals surface area contributed by atoms with E-state index >= 15 is 0 Å². The molecule has 1 aromatic rings. The predicted molar refractivity (Wildman–Crippen MR) is 101 cm³/mol. The van der Waals surface area contributed by atoms with E-state index < -0.39 is 57.9 Å². The molecule has 4 rings (SSSR count). The summed E-state index contributed by atoms with van der Waals surface area (Å²) < 4.78 is 0. The minimum absolute atomic E-state index is 0.0974. The van der Waals surface area contributed by atoms with E-state index in [4.69, 9.17) is 5.73 Å². The molecule has 5 atom stereocenters. The molecule has 1 aromatic carbocycles. The van der Waals surface area contributed by atoms with Gasteiger partial charge in [-0.3, -0.25) is 14.4 Å². The number of amides is 1. The van der Waals surface area contributed by atoms with E-state index in [9.17, 15) is 34.8 Å². The van der Waals surface area contributed by atoms with Crippen molar-refractivity contribution in [2.24, 2.45) is 23.5 Å². The fourth-order valence-electron chi connectivity index (χ4n) is 5.19. The second-order valence-electron chi connectivity index (χ2n) is 8.08. The van der Waals surface area contributed by atoms with Crippen molar-refractivity contribution in [1.29, 1.82) is 0 Å². The number of aliphatic hydroxyl groups excluding tert-OH is 2. The normalized spacial score (nSPS) is 33.9. The molecule has 3 aliphatic carbocycles. The third kappa shape index (κ3) is 2.20. The fraction of sp³-hybridized carbons (Fsp3) is 0.381. The van der Waals surface area contributed by atoms with Crippen LogP contribution in [-0.2, 0) is 14.4 Å². The Kier molecular flexibility index (Phi) is 3.93. The van der Waals surface area contributed by atoms with E-state index in [1.807, 2.05) is 6.92 Å². The van der Waals surface area contributed by atoms with Crippen molar-refractivity contribution in [2.75, 3.05) is 0 Å². The van der Waals surface area contributed by atoms with Gasteiger partial charge in [-0.2, -0.15) is 0 Å². The van der Waals surface area contributed by atoms with Gasteiger partial charge in [0.25, 0.3) is 5.91 Å². The maximum absolute atomic E-state index is 13.4. The van der Waals surface area contributed by atoms with Gasteiger partial charge in [0.1, 0.15) is 22.8 Å². The number of fused-ring (bicyclic) bond motifs is 3. The number of carbonyl (C=O) groups excluding carboxylic acids is 3. The number of hydrogen-bond acceptors (Lipinski definition) is 7. The van der Waals surface area contributed by atoms with Crippen molar-refractivity contribution in [3.05, 3.63) is 46.2 Å². The molecule has 0 bridgehead atoms. The Morgan fingerprint density at radius 3 is 2.41 bits per heavy atom. The zero-order valence-corrected chi connectivity index (χ0v) is 15.8. The van der Waals surface area contributed by atoms with Gasteiger partial charge in [-0.1, -0.05) is 26.0 Å². The number of hydrogen-bond donors (Lipinski definition) is 5. The Morgan fingerprint density at radius 1 is 1.14 bits per heavy atom. The van der Waals surface area contributed by atoms with E-state index in [0.29, 0.717) is 5.56 Å². The van der Waals surface area contributed by atoms with Gasteiger partial charge in [0.15, 0.2) is 11.4 Å². The number of nitrogens with two attached hydrogens (primary N) is 1. The lowest BCUT2D eigenvalue weighted by molar-refractivity contribution is -0.152. The number of primary amides is 1. The summed E-state index contributed by atoms with van der Waals surface area (Å²) >= 11 is 0. The van der Waals surface area contributed by atoms with Crippen LogP contribution in [0.2, 0.25) is 0 Å². The number of aromatic hydroxyl groups is 1. The van der Waals surface area contributed by atoms with Crippen LogP contribution in [0, 0.1) is 17.8 Å². The Hall–Kier alpha value is -3.13. The number of phenolic OH excluding ortho intramolecular Hbond substituents is 1. The zero-order valence-electron chi connectivity index (χ0n) is 15.8. The first-order valence-corrected chi connectivity index (χ1v) is 9.33. The van der Waals surface area contributed by atoms with Crippen molar-refractivity contribution >= 4 is 23.2 Å². The summed E-state index contributed by atoms with van der Waals surface area (Å²) in [7, 11) is 0. The molecule has 0 saturated heterocycles. The van der Waals surface area contributed by atoms with Crippen LogP contribution in [0.5, 0.6) is 5.75 Å². The van der Waals surface area contributed by atoms with Crippen LogP contribution < -0.4 is 5.73 Å². The Bertz CT molecular complexity index is 1050. The molecule has 0 spiro atoms. The van der Waals surface area contributed by atoms with Crippen LogP contribution in [0.25, 0.3) is 5.76 Å². The van der Waals surface area contributed by atoms with Crippen LogP contribution in [0.3, 0.4) is 0 Å². The first-order chi connectivity index (χ1) is 13.5. The van der Waals surface area contributed by atoms with E-state index in [1.54, 1.807) is 12.1 Å². The monoisotopic (exact) mass is 399 g/mol. The topological polar surface area (TPSA) is 158 Å². The van der Waals surface area contributed by atoms with Crippen LogP contribution in [0.1, 0.15) is 37.3 Å². The maximum Gasteiger partial charge on any atom is 0.255 e. The molecule has 1 amide bonds. The Balaban J connectivity index is 2.00. The Morgan fingerprint density at radius 2 is 1.79 bits per heavy atom. The van der Waals surface area contributed by atoms with E-state index in [2.05, 4.69) is 0 Å². The molecular weight excluding hydrogens is 378 g/mol. The standard InChI is InChI=1S/C21H21NO7/c1-7-9-4-3-5-12(23)13(9)17(25)14-10(7)6-11-8(2)16(24)15(20(22)28)19(27)21(11,29)18(14)26/h3-5,7-8,10-11,23,25,27,29H,6H2,1-2H3,(H2,22,28)/t7-,8-,10+,11-,21-/m0/s1. The van der Waals surface area contributed by atoms with Crippen molar-refractivity contribution in [1.82, 2.24) is 0 Å².